The minimum Gasteiger partial charge on any atom is -0.396 e. The molecule has 2 unspecified atom stereocenters. The van der Waals surface area contributed by atoms with Crippen molar-refractivity contribution < 1.29 is 9.90 Å². The molecular weight excluding hydrogens is 264 g/mol. The number of benzene rings is 1. The smallest absolute Gasteiger partial charge is 0.315 e. The number of carbonyl (C=O) groups excluding carboxylic acids is 1. The number of aliphatic hydroxyl groups is 1. The maximum atomic E-state index is 12.2. The molecule has 0 aromatic heterocycles. The van der Waals surface area contributed by atoms with Crippen molar-refractivity contribution in [1.29, 1.82) is 0 Å². The number of rotatable bonds is 5. The second-order valence-electron chi connectivity index (χ2n) is 6.12. The lowest BCUT2D eigenvalue weighted by Gasteiger charge is -2.28. The maximum absolute atomic E-state index is 12.2. The summed E-state index contributed by atoms with van der Waals surface area (Å²) in [4.78, 5) is 12.2. The molecule has 0 heterocycles. The molecule has 0 saturated carbocycles. The van der Waals surface area contributed by atoms with E-state index in [0.717, 1.165) is 19.3 Å². The van der Waals surface area contributed by atoms with E-state index in [1.165, 1.54) is 11.1 Å². The predicted molar refractivity (Wildman–Crippen MR) is 84.1 cm³/mol. The molecule has 0 fully saturated rings. The Hall–Kier alpha value is -1.55. The number of carbonyl (C=O) groups is 1. The van der Waals surface area contributed by atoms with Crippen LogP contribution in [0.1, 0.15) is 50.3 Å². The van der Waals surface area contributed by atoms with Crippen LogP contribution in [0.2, 0.25) is 0 Å². The number of amides is 2. The van der Waals surface area contributed by atoms with Crippen LogP contribution >= 0.6 is 0 Å². The van der Waals surface area contributed by atoms with Gasteiger partial charge in [0.15, 0.2) is 0 Å². The van der Waals surface area contributed by atoms with Crippen LogP contribution in [0.5, 0.6) is 0 Å². The van der Waals surface area contributed by atoms with E-state index in [1.807, 2.05) is 6.07 Å². The molecule has 0 bridgehead atoms. The molecule has 3 N–H and O–H groups in total. The van der Waals surface area contributed by atoms with Crippen LogP contribution in [-0.4, -0.2) is 23.8 Å². The first-order chi connectivity index (χ1) is 10.1. The summed E-state index contributed by atoms with van der Waals surface area (Å²) in [7, 11) is 0. The lowest BCUT2D eigenvalue weighted by atomic mass is 9.88. The minimum atomic E-state index is -0.135. The van der Waals surface area contributed by atoms with Gasteiger partial charge >= 0.3 is 6.03 Å². The first-order valence-corrected chi connectivity index (χ1v) is 7.87. The van der Waals surface area contributed by atoms with Crippen molar-refractivity contribution in [2.75, 3.05) is 6.61 Å². The number of hydrogen-bond donors (Lipinski definition) is 3. The highest BCUT2D eigenvalue weighted by molar-refractivity contribution is 5.75. The first-order valence-electron chi connectivity index (χ1n) is 7.87. The topological polar surface area (TPSA) is 61.4 Å². The largest absolute Gasteiger partial charge is 0.396 e. The third kappa shape index (κ3) is 4.21. The van der Waals surface area contributed by atoms with Crippen molar-refractivity contribution in [3.8, 4) is 0 Å². The Morgan fingerprint density at radius 1 is 1.38 bits per heavy atom. The van der Waals surface area contributed by atoms with E-state index < -0.39 is 0 Å². The normalized spacial score (nSPS) is 19.0. The summed E-state index contributed by atoms with van der Waals surface area (Å²) in [6.07, 6.45) is 3.77. The average molecular weight is 290 g/mol. The molecule has 116 valence electrons. The molecule has 4 heteroatoms. The van der Waals surface area contributed by atoms with Crippen molar-refractivity contribution in [3.05, 3.63) is 35.4 Å². The summed E-state index contributed by atoms with van der Waals surface area (Å²) < 4.78 is 0. The number of aliphatic hydroxyl groups excluding tert-OH is 1. The quantitative estimate of drug-likeness (QED) is 0.781. The van der Waals surface area contributed by atoms with Crippen LogP contribution in [0.3, 0.4) is 0 Å². The van der Waals surface area contributed by atoms with Crippen molar-refractivity contribution >= 4 is 6.03 Å². The fourth-order valence-electron chi connectivity index (χ4n) is 2.98. The fraction of sp³-hybridized carbons (Fsp3) is 0.588. The van der Waals surface area contributed by atoms with Crippen LogP contribution in [0.4, 0.5) is 4.79 Å². The lowest BCUT2D eigenvalue weighted by molar-refractivity contribution is 0.215. The number of aryl methyl sites for hydroxylation is 1. The van der Waals surface area contributed by atoms with Crippen molar-refractivity contribution in [1.82, 2.24) is 10.6 Å². The van der Waals surface area contributed by atoms with Gasteiger partial charge in [0.25, 0.3) is 0 Å². The van der Waals surface area contributed by atoms with Crippen LogP contribution in [0, 0.1) is 5.92 Å². The molecule has 2 atom stereocenters. The van der Waals surface area contributed by atoms with Gasteiger partial charge in [-0.1, -0.05) is 38.1 Å². The van der Waals surface area contributed by atoms with E-state index in [2.05, 4.69) is 42.7 Å². The molecule has 1 aliphatic rings. The monoisotopic (exact) mass is 290 g/mol. The molecule has 0 aliphatic heterocycles. The van der Waals surface area contributed by atoms with Crippen LogP contribution in [0.25, 0.3) is 0 Å². The van der Waals surface area contributed by atoms with E-state index in [4.69, 9.17) is 5.11 Å². The Morgan fingerprint density at radius 3 is 2.86 bits per heavy atom. The summed E-state index contributed by atoms with van der Waals surface area (Å²) in [5, 5.41) is 15.2. The van der Waals surface area contributed by atoms with E-state index in [1.54, 1.807) is 0 Å². The zero-order valence-electron chi connectivity index (χ0n) is 12.9. The van der Waals surface area contributed by atoms with E-state index in [9.17, 15) is 4.79 Å². The van der Waals surface area contributed by atoms with E-state index in [0.29, 0.717) is 12.3 Å². The zero-order valence-corrected chi connectivity index (χ0v) is 12.9. The lowest BCUT2D eigenvalue weighted by Crippen LogP contribution is -2.46. The number of fused-ring (bicyclic) bond motifs is 1. The highest BCUT2D eigenvalue weighted by Gasteiger charge is 2.23. The molecule has 21 heavy (non-hydrogen) atoms. The molecule has 0 radical (unpaired) electrons. The minimum absolute atomic E-state index is 0.00818. The highest BCUT2D eigenvalue weighted by Crippen LogP contribution is 2.29. The summed E-state index contributed by atoms with van der Waals surface area (Å²) in [5.74, 6) is 0.307. The summed E-state index contributed by atoms with van der Waals surface area (Å²) in [6.45, 7) is 4.20. The van der Waals surface area contributed by atoms with Crippen LogP contribution in [-0.2, 0) is 6.42 Å². The molecular formula is C17H26N2O2. The Balaban J connectivity index is 1.97. The Morgan fingerprint density at radius 2 is 2.14 bits per heavy atom. The predicted octanol–water partition coefficient (Wildman–Crippen LogP) is 2.77. The van der Waals surface area contributed by atoms with E-state index in [-0.39, 0.29) is 24.7 Å². The van der Waals surface area contributed by atoms with Crippen molar-refractivity contribution in [2.45, 2.75) is 51.6 Å². The number of hydrogen-bond acceptors (Lipinski definition) is 2. The average Bonchev–Trinajstić information content (AvgIpc) is 2.47. The van der Waals surface area contributed by atoms with Crippen molar-refractivity contribution in [3.63, 3.8) is 0 Å². The summed E-state index contributed by atoms with van der Waals surface area (Å²) >= 11 is 0. The Bertz CT molecular complexity index is 474. The van der Waals surface area contributed by atoms with Gasteiger partial charge in [0, 0.05) is 12.6 Å². The first kappa shape index (κ1) is 15.8. The standard InChI is InChI=1S/C17H26N2O2/c1-12(2)15(10-11-20)18-17(21)19-16-9-5-7-13-6-3-4-8-14(13)16/h3-4,6,8,12,15-16,20H,5,7,9-11H2,1-2H3,(H2,18,19,21). The zero-order chi connectivity index (χ0) is 15.2. The van der Waals surface area contributed by atoms with Crippen LogP contribution in [0.15, 0.2) is 24.3 Å². The van der Waals surface area contributed by atoms with Gasteiger partial charge in [-0.2, -0.15) is 0 Å². The molecule has 1 aromatic carbocycles. The highest BCUT2D eigenvalue weighted by atomic mass is 16.3. The Labute approximate surface area is 126 Å². The molecule has 1 aliphatic carbocycles. The molecule has 1 aromatic rings. The second kappa shape index (κ2) is 7.46. The second-order valence-corrected chi connectivity index (χ2v) is 6.12. The van der Waals surface area contributed by atoms with Gasteiger partial charge in [0.2, 0.25) is 0 Å². The molecule has 2 amide bonds. The molecule has 4 nitrogen and oxygen atoms in total. The van der Waals surface area contributed by atoms with Gasteiger partial charge < -0.3 is 15.7 Å². The van der Waals surface area contributed by atoms with Gasteiger partial charge in [-0.15, -0.1) is 0 Å². The number of urea groups is 1. The van der Waals surface area contributed by atoms with Gasteiger partial charge in [-0.05, 0) is 42.7 Å². The Kier molecular flexibility index (Phi) is 5.62. The van der Waals surface area contributed by atoms with Gasteiger partial charge in [0.05, 0.1) is 6.04 Å². The molecule has 2 rings (SSSR count). The van der Waals surface area contributed by atoms with E-state index >= 15 is 0 Å². The third-order valence-corrected chi connectivity index (χ3v) is 4.24. The van der Waals surface area contributed by atoms with Gasteiger partial charge in [-0.25, -0.2) is 4.79 Å². The third-order valence-electron chi connectivity index (χ3n) is 4.24. The molecule has 0 spiro atoms. The number of nitrogens with one attached hydrogen (secondary N) is 2. The van der Waals surface area contributed by atoms with Crippen molar-refractivity contribution in [2.24, 2.45) is 5.92 Å². The fourth-order valence-corrected chi connectivity index (χ4v) is 2.98. The van der Waals surface area contributed by atoms with Gasteiger partial charge in [0.1, 0.15) is 0 Å². The molecule has 0 saturated heterocycles. The van der Waals surface area contributed by atoms with Gasteiger partial charge in [-0.3, -0.25) is 0 Å². The summed E-state index contributed by atoms with van der Waals surface area (Å²) in [6, 6.07) is 8.29. The maximum Gasteiger partial charge on any atom is 0.315 e. The summed E-state index contributed by atoms with van der Waals surface area (Å²) in [5.41, 5.74) is 2.58. The van der Waals surface area contributed by atoms with Crippen LogP contribution < -0.4 is 10.6 Å². The SMILES string of the molecule is CC(C)C(CCO)NC(=O)NC1CCCc2ccccc21.